The number of amidine groups is 1. The van der Waals surface area contributed by atoms with Crippen molar-refractivity contribution in [1.29, 1.82) is 0 Å². The molecule has 0 radical (unpaired) electrons. The van der Waals surface area contributed by atoms with E-state index < -0.39 is 0 Å². The number of amides is 2. The summed E-state index contributed by atoms with van der Waals surface area (Å²) in [7, 11) is 1.84. The second kappa shape index (κ2) is 7.43. The van der Waals surface area contributed by atoms with E-state index in [0.717, 1.165) is 28.4 Å². The fourth-order valence-corrected chi connectivity index (χ4v) is 3.91. The van der Waals surface area contributed by atoms with E-state index >= 15 is 0 Å². The molecule has 0 fully saturated rings. The first kappa shape index (κ1) is 17.9. The van der Waals surface area contributed by atoms with Crippen molar-refractivity contribution in [3.8, 4) is 0 Å². The molecule has 0 aromatic rings. The highest BCUT2D eigenvalue weighted by molar-refractivity contribution is 8.17. The number of fused-ring (bicyclic) bond motifs is 1. The Morgan fingerprint density at radius 2 is 2.04 bits per heavy atom. The molecule has 0 N–H and O–H groups in total. The normalized spacial score (nSPS) is 21.8. The monoisotopic (exact) mass is 335 g/mol. The lowest BCUT2D eigenvalue weighted by Gasteiger charge is -2.24. The van der Waals surface area contributed by atoms with Gasteiger partial charge in [0.05, 0.1) is 5.04 Å². The molecular formula is C17H25N3O2S. The number of aliphatic imine (C=N–C) groups is 2. The van der Waals surface area contributed by atoms with Crippen LogP contribution in [0.2, 0.25) is 0 Å². The van der Waals surface area contributed by atoms with Crippen LogP contribution >= 0.6 is 11.8 Å². The molecule has 2 unspecified atom stereocenters. The Bertz CT molecular complexity index is 607. The molecule has 0 saturated heterocycles. The minimum atomic E-state index is -0.285. The standard InChI is InChI=1S/C17H25N3O2S/c1-6-7-10(2)20(5)14(21)9-8-13-18-16(22)15-11(3)12(4)23-17(15)19-13/h10,15H,6-9H2,1-5H3. The van der Waals surface area contributed by atoms with Gasteiger partial charge in [-0.3, -0.25) is 9.59 Å². The number of carbonyl (C=O) groups is 2. The van der Waals surface area contributed by atoms with Crippen molar-refractivity contribution in [2.75, 3.05) is 7.05 Å². The Morgan fingerprint density at radius 1 is 1.35 bits per heavy atom. The zero-order valence-electron chi connectivity index (χ0n) is 14.5. The summed E-state index contributed by atoms with van der Waals surface area (Å²) in [6.45, 7) is 8.13. The zero-order valence-corrected chi connectivity index (χ0v) is 15.4. The van der Waals surface area contributed by atoms with Crippen LogP contribution in [0.1, 0.15) is 53.4 Å². The first-order valence-electron chi connectivity index (χ1n) is 8.16. The van der Waals surface area contributed by atoms with Gasteiger partial charge >= 0.3 is 0 Å². The first-order chi connectivity index (χ1) is 10.8. The van der Waals surface area contributed by atoms with Crippen molar-refractivity contribution in [3.05, 3.63) is 10.5 Å². The van der Waals surface area contributed by atoms with Crippen LogP contribution in [-0.4, -0.2) is 40.7 Å². The largest absolute Gasteiger partial charge is 0.343 e. The third-order valence-electron chi connectivity index (χ3n) is 4.54. The van der Waals surface area contributed by atoms with Gasteiger partial charge in [-0.15, -0.1) is 0 Å². The van der Waals surface area contributed by atoms with Crippen LogP contribution in [0.5, 0.6) is 0 Å². The molecule has 2 heterocycles. The summed E-state index contributed by atoms with van der Waals surface area (Å²) in [5, 5.41) is 0.815. The van der Waals surface area contributed by atoms with E-state index in [1.54, 1.807) is 16.7 Å². The Kier molecular flexibility index (Phi) is 5.79. The third kappa shape index (κ3) is 3.91. The molecule has 2 amide bonds. The van der Waals surface area contributed by atoms with Crippen molar-refractivity contribution < 1.29 is 9.59 Å². The fourth-order valence-electron chi connectivity index (χ4n) is 2.77. The van der Waals surface area contributed by atoms with E-state index in [9.17, 15) is 9.59 Å². The smallest absolute Gasteiger partial charge is 0.261 e. The van der Waals surface area contributed by atoms with Crippen molar-refractivity contribution in [2.45, 2.75) is 59.4 Å². The molecule has 0 bridgehead atoms. The van der Waals surface area contributed by atoms with Gasteiger partial charge in [0.1, 0.15) is 11.8 Å². The lowest BCUT2D eigenvalue weighted by molar-refractivity contribution is -0.131. The Labute approximate surface area is 142 Å². The molecule has 0 aromatic heterocycles. The maximum atomic E-state index is 12.2. The second-order valence-electron chi connectivity index (χ2n) is 6.23. The summed E-state index contributed by atoms with van der Waals surface area (Å²) in [5.41, 5.74) is 1.05. The second-order valence-corrected chi connectivity index (χ2v) is 7.47. The van der Waals surface area contributed by atoms with Crippen LogP contribution in [0.3, 0.4) is 0 Å². The van der Waals surface area contributed by atoms with Gasteiger partial charge in [-0.2, -0.15) is 4.99 Å². The third-order valence-corrected chi connectivity index (χ3v) is 5.71. The van der Waals surface area contributed by atoms with Crippen molar-refractivity contribution in [1.82, 2.24) is 4.90 Å². The Balaban J connectivity index is 1.95. The summed E-state index contributed by atoms with van der Waals surface area (Å²) in [6, 6.07) is 0.234. The summed E-state index contributed by atoms with van der Waals surface area (Å²) < 4.78 is 0. The van der Waals surface area contributed by atoms with Crippen LogP contribution in [0.25, 0.3) is 0 Å². The van der Waals surface area contributed by atoms with Gasteiger partial charge < -0.3 is 4.90 Å². The predicted octanol–water partition coefficient (Wildman–Crippen LogP) is 3.41. The zero-order chi connectivity index (χ0) is 17.1. The summed E-state index contributed by atoms with van der Waals surface area (Å²) in [5.74, 6) is 0.132. The van der Waals surface area contributed by atoms with Crippen LogP contribution in [0.4, 0.5) is 0 Å². The van der Waals surface area contributed by atoms with Gasteiger partial charge in [0.25, 0.3) is 5.91 Å². The molecule has 126 valence electrons. The number of hydrogen-bond acceptors (Lipinski definition) is 4. The van der Waals surface area contributed by atoms with Gasteiger partial charge in [0.15, 0.2) is 0 Å². The van der Waals surface area contributed by atoms with E-state index in [0.29, 0.717) is 18.7 Å². The number of rotatable bonds is 6. The molecule has 0 spiro atoms. The Hall–Kier alpha value is -1.43. The quantitative estimate of drug-likeness (QED) is 0.747. The summed E-state index contributed by atoms with van der Waals surface area (Å²) in [4.78, 5) is 36.0. The van der Waals surface area contributed by atoms with Crippen molar-refractivity contribution in [2.24, 2.45) is 15.9 Å². The average Bonchev–Trinajstić information content (AvgIpc) is 2.79. The van der Waals surface area contributed by atoms with E-state index in [4.69, 9.17) is 0 Å². The molecule has 0 aliphatic carbocycles. The van der Waals surface area contributed by atoms with Gasteiger partial charge in [0.2, 0.25) is 5.91 Å². The molecule has 2 rings (SSSR count). The van der Waals surface area contributed by atoms with Crippen LogP contribution < -0.4 is 0 Å². The summed E-state index contributed by atoms with van der Waals surface area (Å²) in [6.07, 6.45) is 2.81. The van der Waals surface area contributed by atoms with Crippen molar-refractivity contribution in [3.63, 3.8) is 0 Å². The van der Waals surface area contributed by atoms with E-state index in [1.165, 1.54) is 0 Å². The van der Waals surface area contributed by atoms with Crippen molar-refractivity contribution >= 4 is 34.5 Å². The SMILES string of the molecule is CCCC(C)N(C)C(=O)CCC1=NC(=O)C2C(=N1)SC(C)=C2C. The van der Waals surface area contributed by atoms with E-state index in [1.807, 2.05) is 20.9 Å². The number of thioether (sulfide) groups is 1. The molecule has 0 aromatic carbocycles. The average molecular weight is 335 g/mol. The molecule has 5 nitrogen and oxygen atoms in total. The van der Waals surface area contributed by atoms with Gasteiger partial charge in [0, 0.05) is 25.9 Å². The molecule has 23 heavy (non-hydrogen) atoms. The minimum absolute atomic E-state index is 0.0768. The summed E-state index contributed by atoms with van der Waals surface area (Å²) >= 11 is 1.55. The maximum absolute atomic E-state index is 12.2. The van der Waals surface area contributed by atoms with Crippen LogP contribution in [0, 0.1) is 5.92 Å². The molecule has 2 aliphatic rings. The highest BCUT2D eigenvalue weighted by Crippen LogP contribution is 2.40. The molecule has 2 aliphatic heterocycles. The first-order valence-corrected chi connectivity index (χ1v) is 8.97. The highest BCUT2D eigenvalue weighted by atomic mass is 32.2. The number of allylic oxidation sites excluding steroid dienone is 1. The molecule has 6 heteroatoms. The molecular weight excluding hydrogens is 310 g/mol. The van der Waals surface area contributed by atoms with E-state index in [-0.39, 0.29) is 23.8 Å². The number of nitrogens with zero attached hydrogens (tertiary/aromatic N) is 3. The van der Waals surface area contributed by atoms with E-state index in [2.05, 4.69) is 23.8 Å². The number of carbonyl (C=O) groups excluding carboxylic acids is 2. The van der Waals surface area contributed by atoms with Gasteiger partial charge in [-0.25, -0.2) is 4.99 Å². The number of hydrogen-bond donors (Lipinski definition) is 0. The topological polar surface area (TPSA) is 62.1 Å². The van der Waals surface area contributed by atoms with Gasteiger partial charge in [-0.05, 0) is 37.7 Å². The molecule has 0 saturated carbocycles. The minimum Gasteiger partial charge on any atom is -0.343 e. The predicted molar refractivity (Wildman–Crippen MR) is 95.7 cm³/mol. The lowest BCUT2D eigenvalue weighted by Crippen LogP contribution is -2.35. The lowest BCUT2D eigenvalue weighted by atomic mass is 10.00. The van der Waals surface area contributed by atoms with Crippen LogP contribution in [0.15, 0.2) is 20.5 Å². The highest BCUT2D eigenvalue weighted by Gasteiger charge is 2.36. The fraction of sp³-hybridized carbons (Fsp3) is 0.647. The maximum Gasteiger partial charge on any atom is 0.261 e. The van der Waals surface area contributed by atoms with Gasteiger partial charge in [-0.1, -0.05) is 25.1 Å². The van der Waals surface area contributed by atoms with Crippen LogP contribution in [-0.2, 0) is 9.59 Å². The Morgan fingerprint density at radius 3 is 2.70 bits per heavy atom. The molecule has 2 atom stereocenters.